The zero-order chi connectivity index (χ0) is 9.41. The zero-order valence-corrected chi connectivity index (χ0v) is 8.81. The Morgan fingerprint density at radius 1 is 1.42 bits per heavy atom. The van der Waals surface area contributed by atoms with Gasteiger partial charge in [0.15, 0.2) is 0 Å². The van der Waals surface area contributed by atoms with E-state index in [0.29, 0.717) is 0 Å². The summed E-state index contributed by atoms with van der Waals surface area (Å²) in [6, 6.07) is 0. The summed E-state index contributed by atoms with van der Waals surface area (Å²) in [5.74, 6) is 0. The Kier molecular flexibility index (Phi) is 2.50. The molecule has 2 nitrogen and oxygen atoms in total. The molecule has 0 unspecified atom stereocenters. The van der Waals surface area contributed by atoms with Crippen molar-refractivity contribution < 1.29 is 9.47 Å². The molecule has 1 aliphatic rings. The molecular weight excluding hydrogens is 152 g/mol. The summed E-state index contributed by atoms with van der Waals surface area (Å²) in [6.07, 6.45) is 2.48. The minimum absolute atomic E-state index is 0.0421. The largest absolute Gasteiger partial charge is 0.376 e. The first-order valence-corrected chi connectivity index (χ1v) is 4.60. The first-order chi connectivity index (χ1) is 5.37. The molecule has 1 rings (SSSR count). The summed E-state index contributed by atoms with van der Waals surface area (Å²) in [4.78, 5) is 0. The number of rotatable bonds is 2. The maximum Gasteiger partial charge on any atom is 0.0883 e. The standard InChI is InChI=1S/C10H20O2/c1-9(2)7-6-8(12-9)10(3,4)11-5/h8H,6-7H2,1-5H3/t8-/m0/s1. The van der Waals surface area contributed by atoms with Gasteiger partial charge in [-0.05, 0) is 40.5 Å². The average Bonchev–Trinajstić information content (AvgIpc) is 2.31. The Morgan fingerprint density at radius 3 is 2.33 bits per heavy atom. The molecule has 0 amide bonds. The topological polar surface area (TPSA) is 18.5 Å². The third-order valence-corrected chi connectivity index (χ3v) is 2.77. The third kappa shape index (κ3) is 1.99. The predicted octanol–water partition coefficient (Wildman–Crippen LogP) is 2.37. The van der Waals surface area contributed by atoms with Crippen molar-refractivity contribution in [1.82, 2.24) is 0 Å². The molecule has 0 aliphatic carbocycles. The molecule has 1 heterocycles. The van der Waals surface area contributed by atoms with Crippen LogP contribution in [0.3, 0.4) is 0 Å². The highest BCUT2D eigenvalue weighted by Crippen LogP contribution is 2.35. The van der Waals surface area contributed by atoms with Crippen LogP contribution in [0.5, 0.6) is 0 Å². The molecule has 0 aromatic carbocycles. The van der Waals surface area contributed by atoms with Crippen molar-refractivity contribution in [3.05, 3.63) is 0 Å². The Balaban J connectivity index is 2.58. The highest BCUT2D eigenvalue weighted by Gasteiger charge is 2.40. The predicted molar refractivity (Wildman–Crippen MR) is 49.3 cm³/mol. The van der Waals surface area contributed by atoms with Crippen molar-refractivity contribution in [3.63, 3.8) is 0 Å². The second kappa shape index (κ2) is 3.00. The van der Waals surface area contributed by atoms with E-state index in [2.05, 4.69) is 27.7 Å². The fraction of sp³-hybridized carbons (Fsp3) is 1.00. The molecular formula is C10H20O2. The van der Waals surface area contributed by atoms with Crippen LogP contribution in [0.25, 0.3) is 0 Å². The lowest BCUT2D eigenvalue weighted by Gasteiger charge is -2.31. The smallest absolute Gasteiger partial charge is 0.0883 e. The number of methoxy groups -OCH3 is 1. The lowest BCUT2D eigenvalue weighted by Crippen LogP contribution is -2.39. The maximum atomic E-state index is 5.88. The van der Waals surface area contributed by atoms with E-state index >= 15 is 0 Å². The minimum Gasteiger partial charge on any atom is -0.376 e. The van der Waals surface area contributed by atoms with Gasteiger partial charge in [0.2, 0.25) is 0 Å². The van der Waals surface area contributed by atoms with Gasteiger partial charge in [-0.15, -0.1) is 0 Å². The third-order valence-electron chi connectivity index (χ3n) is 2.77. The van der Waals surface area contributed by atoms with E-state index in [-0.39, 0.29) is 17.3 Å². The first-order valence-electron chi connectivity index (χ1n) is 4.60. The second-order valence-corrected chi connectivity index (χ2v) is 4.71. The Morgan fingerprint density at radius 2 is 2.00 bits per heavy atom. The van der Waals surface area contributed by atoms with Crippen molar-refractivity contribution >= 4 is 0 Å². The van der Waals surface area contributed by atoms with Gasteiger partial charge in [0, 0.05) is 7.11 Å². The van der Waals surface area contributed by atoms with Crippen molar-refractivity contribution in [2.45, 2.75) is 57.8 Å². The molecule has 0 radical (unpaired) electrons. The maximum absolute atomic E-state index is 5.88. The Labute approximate surface area is 75.2 Å². The van der Waals surface area contributed by atoms with Crippen LogP contribution in [0.15, 0.2) is 0 Å². The minimum atomic E-state index is -0.145. The molecule has 1 fully saturated rings. The van der Waals surface area contributed by atoms with Gasteiger partial charge < -0.3 is 9.47 Å². The molecule has 1 saturated heterocycles. The fourth-order valence-electron chi connectivity index (χ4n) is 1.60. The Hall–Kier alpha value is -0.0800. The van der Waals surface area contributed by atoms with E-state index in [0.717, 1.165) is 12.8 Å². The van der Waals surface area contributed by atoms with E-state index in [1.54, 1.807) is 7.11 Å². The van der Waals surface area contributed by atoms with Crippen LogP contribution in [-0.2, 0) is 9.47 Å². The summed E-state index contributed by atoms with van der Waals surface area (Å²) in [5.41, 5.74) is -0.103. The molecule has 0 bridgehead atoms. The lowest BCUT2D eigenvalue weighted by molar-refractivity contribution is -0.125. The normalized spacial score (nSPS) is 29.2. The molecule has 0 saturated carbocycles. The number of hydrogen-bond acceptors (Lipinski definition) is 2. The number of hydrogen-bond donors (Lipinski definition) is 0. The van der Waals surface area contributed by atoms with Crippen molar-refractivity contribution in [2.24, 2.45) is 0 Å². The molecule has 0 N–H and O–H groups in total. The summed E-state index contributed by atoms with van der Waals surface area (Å²) >= 11 is 0. The quantitative estimate of drug-likeness (QED) is 0.636. The van der Waals surface area contributed by atoms with Gasteiger partial charge in [-0.1, -0.05) is 0 Å². The van der Waals surface area contributed by atoms with Crippen molar-refractivity contribution in [3.8, 4) is 0 Å². The molecule has 12 heavy (non-hydrogen) atoms. The lowest BCUT2D eigenvalue weighted by atomic mass is 9.97. The molecule has 0 aromatic heterocycles. The van der Waals surface area contributed by atoms with Crippen molar-refractivity contribution in [1.29, 1.82) is 0 Å². The van der Waals surface area contributed by atoms with E-state index < -0.39 is 0 Å². The Bertz CT molecular complexity index is 161. The van der Waals surface area contributed by atoms with Gasteiger partial charge in [-0.25, -0.2) is 0 Å². The molecule has 1 aliphatic heterocycles. The van der Waals surface area contributed by atoms with E-state index in [9.17, 15) is 0 Å². The first kappa shape index (κ1) is 10.0. The highest BCUT2D eigenvalue weighted by molar-refractivity contribution is 4.90. The molecule has 0 aromatic rings. The number of ether oxygens (including phenoxy) is 2. The van der Waals surface area contributed by atoms with Gasteiger partial charge in [-0.2, -0.15) is 0 Å². The fourth-order valence-corrected chi connectivity index (χ4v) is 1.60. The van der Waals surface area contributed by atoms with Crippen LogP contribution in [0.1, 0.15) is 40.5 Å². The summed E-state index contributed by atoms with van der Waals surface area (Å²) in [5, 5.41) is 0. The molecule has 1 atom stereocenters. The van der Waals surface area contributed by atoms with Crippen LogP contribution < -0.4 is 0 Å². The zero-order valence-electron chi connectivity index (χ0n) is 8.81. The van der Waals surface area contributed by atoms with Crippen LogP contribution in [-0.4, -0.2) is 24.4 Å². The molecule has 2 heteroatoms. The van der Waals surface area contributed by atoms with Crippen molar-refractivity contribution in [2.75, 3.05) is 7.11 Å². The van der Waals surface area contributed by atoms with Gasteiger partial charge in [0.25, 0.3) is 0 Å². The van der Waals surface area contributed by atoms with E-state index in [1.165, 1.54) is 0 Å². The van der Waals surface area contributed by atoms with E-state index in [1.807, 2.05) is 0 Å². The van der Waals surface area contributed by atoms with Crippen LogP contribution in [0.4, 0.5) is 0 Å². The van der Waals surface area contributed by atoms with Gasteiger partial charge in [0.1, 0.15) is 0 Å². The van der Waals surface area contributed by atoms with Crippen LogP contribution >= 0.6 is 0 Å². The molecule has 72 valence electrons. The second-order valence-electron chi connectivity index (χ2n) is 4.71. The average molecular weight is 172 g/mol. The van der Waals surface area contributed by atoms with Gasteiger partial charge >= 0.3 is 0 Å². The summed E-state index contributed by atoms with van der Waals surface area (Å²) < 4.78 is 11.3. The monoisotopic (exact) mass is 172 g/mol. The summed E-state index contributed by atoms with van der Waals surface area (Å²) in [6.45, 7) is 8.44. The van der Waals surface area contributed by atoms with Crippen LogP contribution in [0.2, 0.25) is 0 Å². The SMILES string of the molecule is COC(C)(C)[C@@H]1CCC(C)(C)O1. The highest BCUT2D eigenvalue weighted by atomic mass is 16.6. The molecule has 0 spiro atoms. The van der Waals surface area contributed by atoms with Crippen LogP contribution in [0, 0.1) is 0 Å². The van der Waals surface area contributed by atoms with Gasteiger partial charge in [0.05, 0.1) is 17.3 Å². The summed E-state index contributed by atoms with van der Waals surface area (Å²) in [7, 11) is 1.74. The van der Waals surface area contributed by atoms with E-state index in [4.69, 9.17) is 9.47 Å². The van der Waals surface area contributed by atoms with Gasteiger partial charge in [-0.3, -0.25) is 0 Å².